The zero-order valence-electron chi connectivity index (χ0n) is 79.5. The fraction of sp³-hybridized carbons (Fsp3) is 0.238. The van der Waals surface area contributed by atoms with Crippen LogP contribution in [-0.2, 0) is 28.2 Å². The van der Waals surface area contributed by atoms with Gasteiger partial charge in [-0.3, -0.25) is 0 Å². The summed E-state index contributed by atoms with van der Waals surface area (Å²) in [4.78, 5) is 0. The van der Waals surface area contributed by atoms with Gasteiger partial charge in [0.1, 0.15) is 29.6 Å². The number of pyridine rings is 4. The summed E-state index contributed by atoms with van der Waals surface area (Å²) < 4.78 is 18.0. The highest BCUT2D eigenvalue weighted by Crippen LogP contribution is 2.46. The van der Waals surface area contributed by atoms with E-state index in [1.165, 1.54) is 296 Å². The minimum absolute atomic E-state index is 0.564. The lowest BCUT2D eigenvalue weighted by molar-refractivity contribution is -0.665. The molecule has 3 aliphatic carbocycles. The van der Waals surface area contributed by atoms with Gasteiger partial charge >= 0.3 is 0 Å². The van der Waals surface area contributed by atoms with Crippen molar-refractivity contribution in [3.8, 4) is 112 Å². The zero-order valence-corrected chi connectivity index (χ0v) is 78.5. The highest BCUT2D eigenvalue weighted by Gasteiger charge is 2.30. The van der Waals surface area contributed by atoms with Crippen molar-refractivity contribution in [1.82, 2.24) is 0 Å². The van der Waals surface area contributed by atoms with Gasteiger partial charge < -0.3 is 0 Å². The molecule has 0 atom stereocenters. The fourth-order valence-electron chi connectivity index (χ4n) is 21.3. The van der Waals surface area contributed by atoms with Gasteiger partial charge in [0.25, 0.3) is 0 Å². The van der Waals surface area contributed by atoms with Crippen LogP contribution in [-0.4, -0.2) is 0 Å². The second kappa shape index (κ2) is 39.4. The third kappa shape index (κ3) is 18.7. The standard InChI is InChI=1S/C35H40N.C31H28N.C30H32N.C30H26N/c1-25-33(28-16-10-5-11-17-28)23-31(27-14-8-4-9-15-27)24-34(25)35-32-19-18-29(26-12-6-3-7-13-26)22-30(32)20-21-36(35)2;1-21-17-27(25-13-9-6-10-14-25)20-30(23(21)3)31-29-16-15-26(24-11-7-5-8-12-24)19-28(29)18-22(2)32(31)4;2*1-21-14-15-26(24-12-8-5-9-13-24)20-29(21)30-28-17-16-25(23-10-6-4-7-11-23)19-27(28)18-22(2)31(30)3/h3,6-7,12-13,18-24,27-28H,4-5,8-11,14-17H2,1-2H3;5-20H,1-4H3;4,6-7,10-11,14-20,24H,5,8-9,12-13H2,1-3H3;4-20H,1-3H3/q4*+1/i21D;;;. The number of rotatable bonds is 13. The van der Waals surface area contributed by atoms with Crippen molar-refractivity contribution in [3.63, 3.8) is 0 Å². The molecular formula is C126H126N4+4. The van der Waals surface area contributed by atoms with Crippen LogP contribution < -0.4 is 18.3 Å². The molecule has 130 heavy (non-hydrogen) atoms. The number of fused-ring (bicyclic) bond motifs is 4. The Bertz CT molecular complexity index is 7180. The topological polar surface area (TPSA) is 15.5 Å². The van der Waals surface area contributed by atoms with Gasteiger partial charge in [0.05, 0.1) is 38.2 Å². The maximum absolute atomic E-state index is 8.90. The molecular weight excluding hydrogens is 1570 g/mol. The van der Waals surface area contributed by atoms with E-state index in [0.29, 0.717) is 18.0 Å². The quantitative estimate of drug-likeness (QED) is 0.102. The molecule has 3 aliphatic rings. The lowest BCUT2D eigenvalue weighted by atomic mass is 9.76. The van der Waals surface area contributed by atoms with E-state index in [1.807, 2.05) is 6.07 Å². The molecule has 646 valence electrons. The van der Waals surface area contributed by atoms with Gasteiger partial charge in [-0.25, -0.2) is 4.57 Å². The van der Waals surface area contributed by atoms with Gasteiger partial charge in [-0.2, -0.15) is 13.7 Å². The van der Waals surface area contributed by atoms with Crippen LogP contribution in [0, 0.1) is 55.4 Å². The van der Waals surface area contributed by atoms with E-state index >= 15 is 0 Å². The monoisotopic (exact) mass is 1700 g/mol. The van der Waals surface area contributed by atoms with Gasteiger partial charge in [0, 0.05) is 50.6 Å². The summed E-state index contributed by atoms with van der Waals surface area (Å²) in [5.74, 6) is 2.08. The number of hydrogen-bond donors (Lipinski definition) is 0. The Balaban J connectivity index is 0.000000118. The third-order valence-corrected chi connectivity index (χ3v) is 29.2. The van der Waals surface area contributed by atoms with Crippen molar-refractivity contribution in [3.05, 3.63) is 407 Å². The molecule has 0 amide bonds. The molecule has 4 heterocycles. The van der Waals surface area contributed by atoms with Crippen LogP contribution in [0.1, 0.15) is 177 Å². The molecule has 4 nitrogen and oxygen atoms in total. The van der Waals surface area contributed by atoms with Crippen molar-refractivity contribution in [2.45, 2.75) is 169 Å². The molecule has 14 aromatic carbocycles. The lowest BCUT2D eigenvalue weighted by Gasteiger charge is -2.28. The van der Waals surface area contributed by atoms with Crippen molar-refractivity contribution >= 4 is 43.1 Å². The predicted molar refractivity (Wildman–Crippen MR) is 550 cm³/mol. The van der Waals surface area contributed by atoms with Crippen molar-refractivity contribution < 1.29 is 19.6 Å². The molecule has 0 N–H and O–H groups in total. The van der Waals surface area contributed by atoms with Crippen LogP contribution in [0.2, 0.25) is 0 Å². The molecule has 0 aliphatic heterocycles. The smallest absolute Gasteiger partial charge is 0.200 e. The first-order chi connectivity index (χ1) is 63.9. The number of aryl methyl sites for hydroxylation is 6. The number of benzene rings is 14. The van der Waals surface area contributed by atoms with E-state index in [1.54, 1.807) is 11.1 Å². The largest absolute Gasteiger partial charge is 0.220 e. The Hall–Kier alpha value is -13.3. The van der Waals surface area contributed by atoms with Gasteiger partial charge in [0.2, 0.25) is 22.8 Å². The molecule has 3 saturated carbocycles. The Morgan fingerprint density at radius 1 is 0.223 bits per heavy atom. The summed E-state index contributed by atoms with van der Waals surface area (Å²) in [5.41, 5.74) is 40.6. The Morgan fingerprint density at radius 3 is 0.938 bits per heavy atom. The zero-order chi connectivity index (χ0) is 90.3. The van der Waals surface area contributed by atoms with Gasteiger partial charge in [-0.05, 0) is 297 Å². The maximum Gasteiger partial charge on any atom is 0.220 e. The third-order valence-electron chi connectivity index (χ3n) is 29.2. The summed E-state index contributed by atoms with van der Waals surface area (Å²) in [7, 11) is 8.64. The van der Waals surface area contributed by atoms with Gasteiger partial charge in [0.15, 0.2) is 23.3 Å². The molecule has 0 unspecified atom stereocenters. The molecule has 4 heteroatoms. The van der Waals surface area contributed by atoms with Gasteiger partial charge in [-0.15, -0.1) is 0 Å². The number of hydrogen-bond acceptors (Lipinski definition) is 0. The molecule has 4 aromatic heterocycles. The van der Waals surface area contributed by atoms with Crippen LogP contribution in [0.3, 0.4) is 0 Å². The lowest BCUT2D eigenvalue weighted by Crippen LogP contribution is -2.35. The van der Waals surface area contributed by atoms with E-state index in [0.717, 1.165) is 11.3 Å². The first-order valence-corrected chi connectivity index (χ1v) is 47.9. The van der Waals surface area contributed by atoms with Crippen LogP contribution in [0.15, 0.2) is 346 Å². The minimum Gasteiger partial charge on any atom is -0.200 e. The average Bonchev–Trinajstić information content (AvgIpc) is 0.760. The van der Waals surface area contributed by atoms with Crippen molar-refractivity contribution in [1.29, 1.82) is 0 Å². The van der Waals surface area contributed by atoms with E-state index in [-0.39, 0.29) is 0 Å². The normalized spacial score (nSPS) is 13.9. The molecule has 0 spiro atoms. The molecule has 21 rings (SSSR count). The first kappa shape index (κ1) is 86.1. The van der Waals surface area contributed by atoms with E-state index in [2.05, 4.69) is 435 Å². The molecule has 0 radical (unpaired) electrons. The van der Waals surface area contributed by atoms with E-state index < -0.39 is 0 Å². The molecule has 0 saturated heterocycles. The number of nitrogens with zero attached hydrogens (tertiary/aromatic N) is 4. The van der Waals surface area contributed by atoms with Gasteiger partial charge in [-0.1, -0.05) is 300 Å². The fourth-order valence-corrected chi connectivity index (χ4v) is 21.3. The summed E-state index contributed by atoms with van der Waals surface area (Å²) >= 11 is 0. The molecule has 18 aromatic rings. The average molecular weight is 1700 g/mol. The number of aromatic nitrogens is 4. The summed E-state index contributed by atoms with van der Waals surface area (Å²) in [5, 5.41) is 10.2. The highest BCUT2D eigenvalue weighted by atomic mass is 15.0. The predicted octanol–water partition coefficient (Wildman–Crippen LogP) is 31.9. The van der Waals surface area contributed by atoms with Crippen LogP contribution in [0.5, 0.6) is 0 Å². The highest BCUT2D eigenvalue weighted by molar-refractivity contribution is 6.01. The SMILES string of the molecule is Cc1cc(-c2ccccc2)cc(-c2c3ccc(-c4ccccc4)cc3cc(C)[n+]2C)c1C.Cc1ccc(-c2ccccc2)cc1-c1c2ccc(-c3ccccc3)cc2cc(C)[n+]1C.Cc1ccc(C2CCCCC2)cc1-c1c2ccc(-c3ccccc3)cc2cc(C)[n+]1C.[2H]c1cc2cc(-c3ccccc3)ccc2c(-c2cc(C3CCCCC3)cc(C3CCCCC3)c2C)[n+]1C. The summed E-state index contributed by atoms with van der Waals surface area (Å²) in [6, 6.07) is 124. The Kier molecular flexibility index (Phi) is 26.1. The van der Waals surface area contributed by atoms with E-state index in [4.69, 9.17) is 1.37 Å². The van der Waals surface area contributed by atoms with E-state index in [9.17, 15) is 0 Å². The van der Waals surface area contributed by atoms with Crippen LogP contribution in [0.25, 0.3) is 155 Å². The van der Waals surface area contributed by atoms with Crippen molar-refractivity contribution in [2.75, 3.05) is 0 Å². The minimum atomic E-state index is 0.564. The summed E-state index contributed by atoms with van der Waals surface area (Å²) in [6.45, 7) is 17.9. The molecule has 3 fully saturated rings. The first-order valence-electron chi connectivity index (χ1n) is 48.4. The second-order valence-electron chi connectivity index (χ2n) is 37.5. The Labute approximate surface area is 774 Å². The summed E-state index contributed by atoms with van der Waals surface area (Å²) in [6.07, 6.45) is 20.8. The van der Waals surface area contributed by atoms with Crippen LogP contribution >= 0.6 is 0 Å². The van der Waals surface area contributed by atoms with Crippen LogP contribution in [0.4, 0.5) is 0 Å². The maximum atomic E-state index is 8.90. The van der Waals surface area contributed by atoms with Crippen molar-refractivity contribution in [2.24, 2.45) is 28.2 Å². The Morgan fingerprint density at radius 2 is 0.531 bits per heavy atom. The second-order valence-corrected chi connectivity index (χ2v) is 37.5. The molecule has 0 bridgehead atoms.